The van der Waals surface area contributed by atoms with E-state index in [0.29, 0.717) is 19.2 Å². The fraction of sp³-hybridized carbons (Fsp3) is 0.444. The monoisotopic (exact) mass is 345 g/mol. The number of benzene rings is 1. The third-order valence-electron chi connectivity index (χ3n) is 4.15. The first kappa shape index (κ1) is 16.8. The van der Waals surface area contributed by atoms with Gasteiger partial charge in [-0.1, -0.05) is 12.1 Å². The fourth-order valence-corrected chi connectivity index (χ4v) is 3.51. The lowest BCUT2D eigenvalue weighted by Gasteiger charge is -2.17. The minimum atomic E-state index is -0.104. The standard InChI is InChI=1S/C18H23N3O2S/c1-21(13-17-19-9-10-24-17)18(22)20-12-14-5-4-8-16(11-14)23-15-6-2-3-7-15/h4-5,8-11,15H,2-3,6-7,12-13H2,1H3,(H,20,22). The summed E-state index contributed by atoms with van der Waals surface area (Å²) in [6, 6.07) is 7.87. The molecular weight excluding hydrogens is 322 g/mol. The molecule has 128 valence electrons. The van der Waals surface area contributed by atoms with Crippen molar-refractivity contribution in [2.24, 2.45) is 0 Å². The number of nitrogens with one attached hydrogen (secondary N) is 1. The van der Waals surface area contributed by atoms with Gasteiger partial charge in [-0.15, -0.1) is 11.3 Å². The summed E-state index contributed by atoms with van der Waals surface area (Å²) in [6.45, 7) is 1.01. The summed E-state index contributed by atoms with van der Waals surface area (Å²) < 4.78 is 6.01. The fourth-order valence-electron chi connectivity index (χ4n) is 2.85. The summed E-state index contributed by atoms with van der Waals surface area (Å²) >= 11 is 1.55. The van der Waals surface area contributed by atoms with E-state index < -0.39 is 0 Å². The predicted molar refractivity (Wildman–Crippen MR) is 95.1 cm³/mol. The molecule has 1 heterocycles. The zero-order valence-electron chi connectivity index (χ0n) is 13.9. The Morgan fingerprint density at radius 2 is 2.25 bits per heavy atom. The van der Waals surface area contributed by atoms with Gasteiger partial charge in [0.25, 0.3) is 0 Å². The van der Waals surface area contributed by atoms with E-state index in [1.807, 2.05) is 29.6 Å². The van der Waals surface area contributed by atoms with E-state index in [1.165, 1.54) is 12.8 Å². The highest BCUT2D eigenvalue weighted by Crippen LogP contribution is 2.24. The third kappa shape index (κ3) is 4.71. The summed E-state index contributed by atoms with van der Waals surface area (Å²) in [7, 11) is 1.77. The molecule has 1 N–H and O–H groups in total. The van der Waals surface area contributed by atoms with Crippen molar-refractivity contribution in [3.05, 3.63) is 46.4 Å². The van der Waals surface area contributed by atoms with Crippen molar-refractivity contribution < 1.29 is 9.53 Å². The highest BCUT2D eigenvalue weighted by atomic mass is 32.1. The number of carbonyl (C=O) groups is 1. The first-order valence-corrected chi connectivity index (χ1v) is 9.21. The van der Waals surface area contributed by atoms with Crippen LogP contribution in [0.4, 0.5) is 4.79 Å². The zero-order chi connectivity index (χ0) is 16.8. The number of thiazole rings is 1. The van der Waals surface area contributed by atoms with E-state index in [9.17, 15) is 4.79 Å². The van der Waals surface area contributed by atoms with E-state index in [4.69, 9.17) is 4.74 Å². The number of aromatic nitrogens is 1. The van der Waals surface area contributed by atoms with Gasteiger partial charge in [-0.05, 0) is 43.4 Å². The van der Waals surface area contributed by atoms with Gasteiger partial charge >= 0.3 is 6.03 Å². The smallest absolute Gasteiger partial charge is 0.317 e. The van der Waals surface area contributed by atoms with Crippen LogP contribution in [0.25, 0.3) is 0 Å². The minimum absolute atomic E-state index is 0.104. The Kier molecular flexibility index (Phi) is 5.69. The first-order valence-electron chi connectivity index (χ1n) is 8.33. The summed E-state index contributed by atoms with van der Waals surface area (Å²) in [5.74, 6) is 0.893. The molecule has 5 nitrogen and oxygen atoms in total. The Labute approximate surface area is 146 Å². The van der Waals surface area contributed by atoms with Crippen LogP contribution in [-0.2, 0) is 13.1 Å². The van der Waals surface area contributed by atoms with E-state index in [1.54, 1.807) is 29.5 Å². The van der Waals surface area contributed by atoms with Crippen molar-refractivity contribution in [2.75, 3.05) is 7.05 Å². The predicted octanol–water partition coefficient (Wildman–Crippen LogP) is 3.81. The number of amides is 2. The third-order valence-corrected chi connectivity index (χ3v) is 4.91. The molecule has 0 spiro atoms. The van der Waals surface area contributed by atoms with E-state index in [2.05, 4.69) is 10.3 Å². The molecule has 2 aromatic rings. The highest BCUT2D eigenvalue weighted by Gasteiger charge is 2.16. The quantitative estimate of drug-likeness (QED) is 0.866. The molecule has 0 unspecified atom stereocenters. The normalized spacial score (nSPS) is 14.5. The molecule has 0 radical (unpaired) electrons. The van der Waals surface area contributed by atoms with E-state index >= 15 is 0 Å². The number of urea groups is 1. The van der Waals surface area contributed by atoms with Crippen LogP contribution in [-0.4, -0.2) is 29.1 Å². The van der Waals surface area contributed by atoms with Crippen molar-refractivity contribution >= 4 is 17.4 Å². The van der Waals surface area contributed by atoms with Crippen molar-refractivity contribution in [3.8, 4) is 5.75 Å². The minimum Gasteiger partial charge on any atom is -0.490 e. The number of nitrogens with zero attached hydrogens (tertiary/aromatic N) is 2. The summed E-state index contributed by atoms with van der Waals surface area (Å²) in [5.41, 5.74) is 1.04. The molecular formula is C18H23N3O2S. The van der Waals surface area contributed by atoms with Gasteiger partial charge in [-0.3, -0.25) is 0 Å². The van der Waals surface area contributed by atoms with Crippen molar-refractivity contribution in [2.45, 2.75) is 44.9 Å². The van der Waals surface area contributed by atoms with Crippen LogP contribution in [0.3, 0.4) is 0 Å². The number of hydrogen-bond donors (Lipinski definition) is 1. The van der Waals surface area contributed by atoms with Gasteiger partial charge in [-0.2, -0.15) is 0 Å². The second kappa shape index (κ2) is 8.15. The van der Waals surface area contributed by atoms with Crippen LogP contribution in [0.15, 0.2) is 35.8 Å². The summed E-state index contributed by atoms with van der Waals surface area (Å²) in [5, 5.41) is 5.78. The maximum Gasteiger partial charge on any atom is 0.317 e. The molecule has 0 atom stereocenters. The molecule has 1 aliphatic rings. The second-order valence-electron chi connectivity index (χ2n) is 6.11. The molecule has 3 rings (SSSR count). The molecule has 1 aromatic heterocycles. The maximum atomic E-state index is 12.2. The Hall–Kier alpha value is -2.08. The lowest BCUT2D eigenvalue weighted by molar-refractivity contribution is 0.205. The SMILES string of the molecule is CN(Cc1nccs1)C(=O)NCc1cccc(OC2CCCC2)c1. The van der Waals surface area contributed by atoms with Crippen LogP contribution in [0.5, 0.6) is 5.75 Å². The first-order chi connectivity index (χ1) is 11.7. The van der Waals surface area contributed by atoms with E-state index in [-0.39, 0.29) is 6.03 Å². The van der Waals surface area contributed by atoms with Crippen LogP contribution >= 0.6 is 11.3 Å². The lowest BCUT2D eigenvalue weighted by atomic mass is 10.2. The van der Waals surface area contributed by atoms with Gasteiger partial charge in [0.15, 0.2) is 0 Å². The number of rotatable bonds is 6. The molecule has 2 amide bonds. The molecule has 24 heavy (non-hydrogen) atoms. The summed E-state index contributed by atoms with van der Waals surface area (Å²) in [6.07, 6.45) is 6.89. The molecule has 0 saturated heterocycles. The van der Waals surface area contributed by atoms with Gasteiger partial charge in [0.05, 0.1) is 12.6 Å². The van der Waals surface area contributed by atoms with Crippen LogP contribution in [0.1, 0.15) is 36.3 Å². The molecule has 6 heteroatoms. The van der Waals surface area contributed by atoms with Gasteiger partial charge in [0.1, 0.15) is 10.8 Å². The Bertz CT molecular complexity index is 654. The van der Waals surface area contributed by atoms with Crippen LogP contribution in [0.2, 0.25) is 0 Å². The van der Waals surface area contributed by atoms with Crippen LogP contribution in [0, 0.1) is 0 Å². The topological polar surface area (TPSA) is 54.5 Å². The number of ether oxygens (including phenoxy) is 1. The van der Waals surface area contributed by atoms with Crippen molar-refractivity contribution in [3.63, 3.8) is 0 Å². The Morgan fingerprint density at radius 3 is 3.00 bits per heavy atom. The summed E-state index contributed by atoms with van der Waals surface area (Å²) in [4.78, 5) is 18.0. The largest absolute Gasteiger partial charge is 0.490 e. The van der Waals surface area contributed by atoms with E-state index in [0.717, 1.165) is 29.2 Å². The lowest BCUT2D eigenvalue weighted by Crippen LogP contribution is -2.36. The molecule has 1 aromatic carbocycles. The van der Waals surface area contributed by atoms with Crippen molar-refractivity contribution in [1.29, 1.82) is 0 Å². The maximum absolute atomic E-state index is 12.2. The Morgan fingerprint density at radius 1 is 1.42 bits per heavy atom. The van der Waals surface area contributed by atoms with Gasteiger partial charge in [0, 0.05) is 25.2 Å². The molecule has 0 aliphatic heterocycles. The van der Waals surface area contributed by atoms with Gasteiger partial charge in [0.2, 0.25) is 0 Å². The molecule has 0 bridgehead atoms. The van der Waals surface area contributed by atoms with Gasteiger partial charge < -0.3 is 15.0 Å². The average Bonchev–Trinajstić information content (AvgIpc) is 3.27. The Balaban J connectivity index is 1.49. The van der Waals surface area contributed by atoms with Crippen LogP contribution < -0.4 is 10.1 Å². The number of hydrogen-bond acceptors (Lipinski definition) is 4. The molecule has 1 aliphatic carbocycles. The average molecular weight is 345 g/mol. The highest BCUT2D eigenvalue weighted by molar-refractivity contribution is 7.09. The number of carbonyl (C=O) groups excluding carboxylic acids is 1. The zero-order valence-corrected chi connectivity index (χ0v) is 14.7. The molecule has 1 saturated carbocycles. The van der Waals surface area contributed by atoms with Gasteiger partial charge in [-0.25, -0.2) is 9.78 Å². The second-order valence-corrected chi connectivity index (χ2v) is 7.09. The molecule has 1 fully saturated rings. The van der Waals surface area contributed by atoms with Crippen molar-refractivity contribution in [1.82, 2.24) is 15.2 Å².